The van der Waals surface area contributed by atoms with Gasteiger partial charge in [0, 0.05) is 12.1 Å². The van der Waals surface area contributed by atoms with Gasteiger partial charge in [0.1, 0.15) is 12.0 Å². The molecule has 2 N–H and O–H groups in total. The lowest BCUT2D eigenvalue weighted by atomic mass is 10.2. The molecule has 0 unspecified atom stereocenters. The maximum absolute atomic E-state index is 12.4. The van der Waals surface area contributed by atoms with Crippen molar-refractivity contribution in [3.05, 3.63) is 24.3 Å². The smallest absolute Gasteiger partial charge is 0.319 e. The molecule has 26 heavy (non-hydrogen) atoms. The van der Waals surface area contributed by atoms with Crippen LogP contribution in [0.4, 0.5) is 10.5 Å². The molecule has 9 heteroatoms. The fraction of sp³-hybridized carbons (Fsp3) is 0.529. The fourth-order valence-electron chi connectivity index (χ4n) is 3.23. The number of methoxy groups -OCH3 is 2. The SMILES string of the molecule is COc1ccc(NC(=O)N[C@H](C)c2nncn2C2CCCC2)c(OC)n1. The molecule has 0 aromatic carbocycles. The van der Waals surface area contributed by atoms with Gasteiger partial charge in [0.25, 0.3) is 0 Å². The molecule has 2 aromatic rings. The van der Waals surface area contributed by atoms with E-state index >= 15 is 0 Å². The van der Waals surface area contributed by atoms with Crippen LogP contribution in [0.25, 0.3) is 0 Å². The van der Waals surface area contributed by atoms with E-state index in [4.69, 9.17) is 9.47 Å². The molecule has 1 fully saturated rings. The molecule has 2 amide bonds. The number of carbonyl (C=O) groups excluding carboxylic acids is 1. The summed E-state index contributed by atoms with van der Waals surface area (Å²) in [6, 6.07) is 3.09. The maximum atomic E-state index is 12.4. The highest BCUT2D eigenvalue weighted by Gasteiger charge is 2.23. The number of nitrogens with one attached hydrogen (secondary N) is 2. The quantitative estimate of drug-likeness (QED) is 0.821. The van der Waals surface area contributed by atoms with Crippen LogP contribution in [0, 0.1) is 0 Å². The number of anilines is 1. The normalized spacial score (nSPS) is 15.5. The van der Waals surface area contributed by atoms with Gasteiger partial charge < -0.3 is 24.7 Å². The highest BCUT2D eigenvalue weighted by atomic mass is 16.5. The molecule has 2 heterocycles. The van der Waals surface area contributed by atoms with Gasteiger partial charge in [0.2, 0.25) is 11.8 Å². The van der Waals surface area contributed by atoms with Crippen LogP contribution in [-0.4, -0.2) is 40.0 Å². The molecule has 0 aliphatic heterocycles. The van der Waals surface area contributed by atoms with Crippen LogP contribution in [-0.2, 0) is 0 Å². The van der Waals surface area contributed by atoms with Gasteiger partial charge in [-0.2, -0.15) is 4.98 Å². The Morgan fingerprint density at radius 2 is 2.04 bits per heavy atom. The first kappa shape index (κ1) is 18.0. The van der Waals surface area contributed by atoms with Crippen LogP contribution < -0.4 is 20.1 Å². The Labute approximate surface area is 152 Å². The Hall–Kier alpha value is -2.84. The van der Waals surface area contributed by atoms with Crippen molar-refractivity contribution >= 4 is 11.7 Å². The second kappa shape index (κ2) is 8.03. The van der Waals surface area contributed by atoms with Crippen LogP contribution in [0.2, 0.25) is 0 Å². The summed E-state index contributed by atoms with van der Waals surface area (Å²) in [5.74, 6) is 1.44. The summed E-state index contributed by atoms with van der Waals surface area (Å²) in [5, 5.41) is 13.8. The number of nitrogens with zero attached hydrogens (tertiary/aromatic N) is 4. The monoisotopic (exact) mass is 360 g/mol. The number of hydrogen-bond acceptors (Lipinski definition) is 6. The van der Waals surface area contributed by atoms with Gasteiger partial charge in [-0.25, -0.2) is 4.79 Å². The number of ether oxygens (including phenoxy) is 2. The van der Waals surface area contributed by atoms with E-state index in [2.05, 4.69) is 30.4 Å². The summed E-state index contributed by atoms with van der Waals surface area (Å²) in [7, 11) is 3.00. The molecule has 9 nitrogen and oxygen atoms in total. The van der Waals surface area contributed by atoms with Gasteiger partial charge in [0.15, 0.2) is 5.82 Å². The molecule has 1 atom stereocenters. The summed E-state index contributed by atoms with van der Waals surface area (Å²) in [6.07, 6.45) is 6.43. The van der Waals surface area contributed by atoms with Gasteiger partial charge in [-0.05, 0) is 25.8 Å². The molecule has 3 rings (SSSR count). The largest absolute Gasteiger partial charge is 0.481 e. The molecule has 1 aliphatic carbocycles. The second-order valence-electron chi connectivity index (χ2n) is 6.27. The Morgan fingerprint density at radius 1 is 1.27 bits per heavy atom. The summed E-state index contributed by atoms with van der Waals surface area (Å²) in [6.45, 7) is 1.89. The summed E-state index contributed by atoms with van der Waals surface area (Å²) in [4.78, 5) is 16.5. The van der Waals surface area contributed by atoms with Crippen molar-refractivity contribution in [1.29, 1.82) is 0 Å². The Balaban J connectivity index is 1.66. The lowest BCUT2D eigenvalue weighted by molar-refractivity contribution is 0.248. The van der Waals surface area contributed by atoms with Gasteiger partial charge in [-0.1, -0.05) is 12.8 Å². The number of amides is 2. The molecule has 2 aromatic heterocycles. The van der Waals surface area contributed by atoms with Crippen molar-refractivity contribution in [2.24, 2.45) is 0 Å². The van der Waals surface area contributed by atoms with Gasteiger partial charge in [-0.3, -0.25) is 0 Å². The lowest BCUT2D eigenvalue weighted by Gasteiger charge is -2.19. The number of aromatic nitrogens is 4. The van der Waals surface area contributed by atoms with E-state index in [1.54, 1.807) is 18.5 Å². The van der Waals surface area contributed by atoms with Crippen molar-refractivity contribution in [1.82, 2.24) is 25.1 Å². The average Bonchev–Trinajstić information content (AvgIpc) is 3.32. The third-order valence-corrected chi connectivity index (χ3v) is 4.54. The zero-order valence-corrected chi connectivity index (χ0v) is 15.2. The third kappa shape index (κ3) is 3.87. The molecule has 1 saturated carbocycles. The van der Waals surface area contributed by atoms with Gasteiger partial charge in [-0.15, -0.1) is 10.2 Å². The van der Waals surface area contributed by atoms with Crippen LogP contribution in [0.1, 0.15) is 50.5 Å². The molecular weight excluding hydrogens is 336 g/mol. The molecule has 0 radical (unpaired) electrons. The zero-order chi connectivity index (χ0) is 18.5. The van der Waals surface area contributed by atoms with E-state index in [0.717, 1.165) is 18.7 Å². The first-order valence-corrected chi connectivity index (χ1v) is 8.68. The number of hydrogen-bond donors (Lipinski definition) is 2. The molecule has 0 bridgehead atoms. The van der Waals surface area contributed by atoms with E-state index in [-0.39, 0.29) is 18.0 Å². The molecule has 1 aliphatic rings. The Morgan fingerprint density at radius 3 is 2.73 bits per heavy atom. The fourth-order valence-corrected chi connectivity index (χ4v) is 3.23. The first-order chi connectivity index (χ1) is 12.6. The minimum atomic E-state index is -0.372. The average molecular weight is 360 g/mol. The van der Waals surface area contributed by atoms with Crippen LogP contribution >= 0.6 is 0 Å². The minimum Gasteiger partial charge on any atom is -0.481 e. The topological polar surface area (TPSA) is 103 Å². The highest BCUT2D eigenvalue weighted by molar-refractivity contribution is 5.90. The number of pyridine rings is 1. The third-order valence-electron chi connectivity index (χ3n) is 4.54. The van der Waals surface area contributed by atoms with Crippen LogP contribution in [0.15, 0.2) is 18.5 Å². The van der Waals surface area contributed by atoms with E-state index in [0.29, 0.717) is 17.6 Å². The van der Waals surface area contributed by atoms with E-state index < -0.39 is 0 Å². The van der Waals surface area contributed by atoms with Gasteiger partial charge >= 0.3 is 6.03 Å². The van der Waals surface area contributed by atoms with E-state index in [1.165, 1.54) is 27.1 Å². The van der Waals surface area contributed by atoms with Crippen molar-refractivity contribution in [3.8, 4) is 11.8 Å². The van der Waals surface area contributed by atoms with E-state index in [1.807, 2.05) is 6.92 Å². The standard InChI is InChI=1S/C17H24N6O3/c1-11(15-22-18-10-23(15)12-6-4-5-7-12)19-17(24)20-13-8-9-14(25-2)21-16(13)26-3/h8-12H,4-7H2,1-3H3,(H2,19,20,24)/t11-/m1/s1. The van der Waals surface area contributed by atoms with Crippen molar-refractivity contribution < 1.29 is 14.3 Å². The molecule has 0 saturated heterocycles. The molecular formula is C17H24N6O3. The molecule has 0 spiro atoms. The van der Waals surface area contributed by atoms with Crippen molar-refractivity contribution in [3.63, 3.8) is 0 Å². The minimum absolute atomic E-state index is 0.279. The lowest BCUT2D eigenvalue weighted by Crippen LogP contribution is -2.33. The van der Waals surface area contributed by atoms with E-state index in [9.17, 15) is 4.79 Å². The molecule has 140 valence electrons. The van der Waals surface area contributed by atoms with Crippen LogP contribution in [0.5, 0.6) is 11.8 Å². The van der Waals surface area contributed by atoms with Gasteiger partial charge in [0.05, 0.1) is 20.3 Å². The highest BCUT2D eigenvalue weighted by Crippen LogP contribution is 2.31. The summed E-state index contributed by atoms with van der Waals surface area (Å²) < 4.78 is 12.3. The number of carbonyl (C=O) groups is 1. The second-order valence-corrected chi connectivity index (χ2v) is 6.27. The Kier molecular flexibility index (Phi) is 5.55. The maximum Gasteiger partial charge on any atom is 0.319 e. The predicted molar refractivity (Wildman–Crippen MR) is 95.4 cm³/mol. The summed E-state index contributed by atoms with van der Waals surface area (Å²) >= 11 is 0. The Bertz CT molecular complexity index is 757. The predicted octanol–water partition coefficient (Wildman–Crippen LogP) is 2.69. The first-order valence-electron chi connectivity index (χ1n) is 8.68. The van der Waals surface area contributed by atoms with Crippen molar-refractivity contribution in [2.75, 3.05) is 19.5 Å². The summed E-state index contributed by atoms with van der Waals surface area (Å²) in [5.41, 5.74) is 0.454. The number of rotatable bonds is 6. The zero-order valence-electron chi connectivity index (χ0n) is 15.2. The van der Waals surface area contributed by atoms with Crippen molar-refractivity contribution in [2.45, 2.75) is 44.7 Å². The number of urea groups is 1. The van der Waals surface area contributed by atoms with Crippen LogP contribution in [0.3, 0.4) is 0 Å².